The average Bonchev–Trinajstić information content (AvgIpc) is 2.32. The van der Waals surface area contributed by atoms with Gasteiger partial charge in [0.2, 0.25) is 0 Å². The summed E-state index contributed by atoms with van der Waals surface area (Å²) in [7, 11) is 0. The van der Waals surface area contributed by atoms with Gasteiger partial charge < -0.3 is 5.73 Å². The lowest BCUT2D eigenvalue weighted by atomic mass is 10.2. The fourth-order valence-corrected chi connectivity index (χ4v) is 2.43. The maximum absolute atomic E-state index is 7.53. The van der Waals surface area contributed by atoms with E-state index in [9.17, 15) is 0 Å². The molecule has 0 bridgehead atoms. The van der Waals surface area contributed by atoms with Crippen LogP contribution in [0.2, 0.25) is 5.02 Å². The molecule has 0 saturated heterocycles. The molecule has 3 nitrogen and oxygen atoms in total. The van der Waals surface area contributed by atoms with Crippen molar-refractivity contribution in [3.05, 3.63) is 53.3 Å². The third-order valence-corrected chi connectivity index (χ3v) is 3.43. The molecule has 3 N–H and O–H groups in total. The molecule has 0 saturated carbocycles. The topological polar surface area (TPSA) is 62.8 Å². The van der Waals surface area contributed by atoms with E-state index in [0.717, 1.165) is 9.79 Å². The molecule has 2 aromatic rings. The highest BCUT2D eigenvalue weighted by molar-refractivity contribution is 7.99. The predicted octanol–water partition coefficient (Wildman–Crippen LogP) is 3.17. The van der Waals surface area contributed by atoms with Crippen molar-refractivity contribution >= 4 is 29.2 Å². The number of nitrogen functional groups attached to an aromatic ring is 1. The van der Waals surface area contributed by atoms with Crippen LogP contribution >= 0.6 is 23.4 Å². The zero-order valence-corrected chi connectivity index (χ0v) is 10.4. The summed E-state index contributed by atoms with van der Waals surface area (Å²) in [6, 6.07) is 9.17. The number of aromatic nitrogens is 1. The summed E-state index contributed by atoms with van der Waals surface area (Å²) in [5, 5.41) is 8.11. The molecule has 0 radical (unpaired) electrons. The van der Waals surface area contributed by atoms with Crippen molar-refractivity contribution < 1.29 is 0 Å². The van der Waals surface area contributed by atoms with Crippen molar-refractivity contribution in [3.63, 3.8) is 0 Å². The molecular weight excluding hydrogens is 254 g/mol. The minimum atomic E-state index is 0.0176. The molecule has 1 heterocycles. The third-order valence-electron chi connectivity index (χ3n) is 2.11. The lowest BCUT2D eigenvalue weighted by Gasteiger charge is -2.08. The molecule has 0 aliphatic heterocycles. The van der Waals surface area contributed by atoms with Gasteiger partial charge in [-0.15, -0.1) is 0 Å². The second-order valence-electron chi connectivity index (χ2n) is 3.34. The van der Waals surface area contributed by atoms with Crippen LogP contribution in [0.3, 0.4) is 0 Å². The van der Waals surface area contributed by atoms with Crippen molar-refractivity contribution in [1.29, 1.82) is 5.41 Å². The number of halogens is 1. The van der Waals surface area contributed by atoms with Crippen LogP contribution in [-0.2, 0) is 0 Å². The highest BCUT2D eigenvalue weighted by atomic mass is 35.5. The van der Waals surface area contributed by atoms with E-state index in [-0.39, 0.29) is 5.84 Å². The third kappa shape index (κ3) is 2.99. The lowest BCUT2D eigenvalue weighted by Crippen LogP contribution is -2.12. The molecular formula is C12H10ClN3S. The van der Waals surface area contributed by atoms with Crippen molar-refractivity contribution in [3.8, 4) is 0 Å². The molecule has 0 fully saturated rings. The Labute approximate surface area is 109 Å². The maximum Gasteiger partial charge on any atom is 0.123 e. The Hall–Kier alpha value is -1.52. The highest BCUT2D eigenvalue weighted by Gasteiger charge is 2.07. The van der Waals surface area contributed by atoms with Crippen LogP contribution in [0.5, 0.6) is 0 Å². The van der Waals surface area contributed by atoms with Crippen molar-refractivity contribution in [2.24, 2.45) is 5.73 Å². The molecule has 0 unspecified atom stereocenters. The van der Waals surface area contributed by atoms with Gasteiger partial charge in [-0.3, -0.25) is 10.4 Å². The number of benzene rings is 1. The van der Waals surface area contributed by atoms with E-state index in [4.69, 9.17) is 22.7 Å². The number of nitrogens with one attached hydrogen (secondary N) is 1. The zero-order chi connectivity index (χ0) is 12.3. The minimum absolute atomic E-state index is 0.0176. The first kappa shape index (κ1) is 12.0. The van der Waals surface area contributed by atoms with Gasteiger partial charge in [-0.1, -0.05) is 23.4 Å². The van der Waals surface area contributed by atoms with Crippen molar-refractivity contribution in [1.82, 2.24) is 4.98 Å². The van der Waals surface area contributed by atoms with Crippen LogP contribution in [0.4, 0.5) is 0 Å². The molecule has 0 atom stereocenters. The van der Waals surface area contributed by atoms with Gasteiger partial charge in [-0.05, 0) is 30.3 Å². The molecule has 0 aliphatic rings. The monoisotopic (exact) mass is 263 g/mol. The average molecular weight is 264 g/mol. The van der Waals surface area contributed by atoms with Crippen LogP contribution in [-0.4, -0.2) is 10.8 Å². The van der Waals surface area contributed by atoms with Crippen LogP contribution in [0.15, 0.2) is 52.5 Å². The summed E-state index contributed by atoms with van der Waals surface area (Å²) in [5.74, 6) is 0.0176. The molecule has 2 rings (SSSR count). The van der Waals surface area contributed by atoms with Gasteiger partial charge in [0.25, 0.3) is 0 Å². The van der Waals surface area contributed by atoms with Crippen LogP contribution in [0, 0.1) is 5.41 Å². The summed E-state index contributed by atoms with van der Waals surface area (Å²) in [5.41, 5.74) is 6.19. The van der Waals surface area contributed by atoms with Gasteiger partial charge in [0, 0.05) is 32.8 Å². The van der Waals surface area contributed by atoms with E-state index in [2.05, 4.69) is 4.98 Å². The smallest absolute Gasteiger partial charge is 0.123 e. The second kappa shape index (κ2) is 5.21. The second-order valence-corrected chi connectivity index (χ2v) is 4.89. The zero-order valence-electron chi connectivity index (χ0n) is 8.85. The Kier molecular flexibility index (Phi) is 3.66. The molecule has 0 spiro atoms. The fourth-order valence-electron chi connectivity index (χ4n) is 1.33. The van der Waals surface area contributed by atoms with Crippen LogP contribution in [0.25, 0.3) is 0 Å². The number of nitrogens with zero attached hydrogens (tertiary/aromatic N) is 1. The van der Waals surface area contributed by atoms with E-state index in [0.29, 0.717) is 10.6 Å². The summed E-state index contributed by atoms with van der Waals surface area (Å²) >= 11 is 7.42. The molecule has 1 aromatic heterocycles. The first-order valence-electron chi connectivity index (χ1n) is 4.88. The number of nitrogens with two attached hydrogens (primary N) is 1. The van der Waals surface area contributed by atoms with Gasteiger partial charge in [0.1, 0.15) is 5.84 Å². The SMILES string of the molecule is N=C(N)c1cc(Cl)ccc1Sc1ccncc1. The number of rotatable bonds is 3. The molecule has 17 heavy (non-hydrogen) atoms. The number of hydrogen-bond donors (Lipinski definition) is 2. The molecule has 0 amide bonds. The van der Waals surface area contributed by atoms with Gasteiger partial charge in [0.05, 0.1) is 0 Å². The fraction of sp³-hybridized carbons (Fsp3) is 0. The van der Waals surface area contributed by atoms with E-state index < -0.39 is 0 Å². The van der Waals surface area contributed by atoms with Gasteiger partial charge in [0.15, 0.2) is 0 Å². The van der Waals surface area contributed by atoms with E-state index in [1.54, 1.807) is 24.5 Å². The van der Waals surface area contributed by atoms with E-state index >= 15 is 0 Å². The van der Waals surface area contributed by atoms with E-state index in [1.807, 2.05) is 18.2 Å². The molecule has 1 aromatic carbocycles. The summed E-state index contributed by atoms with van der Waals surface area (Å²) in [4.78, 5) is 5.91. The summed E-state index contributed by atoms with van der Waals surface area (Å²) in [6.07, 6.45) is 3.46. The minimum Gasteiger partial charge on any atom is -0.384 e. The number of pyridine rings is 1. The molecule has 5 heteroatoms. The maximum atomic E-state index is 7.53. The molecule has 86 valence electrons. The number of hydrogen-bond acceptors (Lipinski definition) is 3. The van der Waals surface area contributed by atoms with Crippen molar-refractivity contribution in [2.45, 2.75) is 9.79 Å². The Morgan fingerprint density at radius 3 is 2.59 bits per heavy atom. The first-order chi connectivity index (χ1) is 8.16. The normalized spacial score (nSPS) is 10.2. The largest absolute Gasteiger partial charge is 0.384 e. The quantitative estimate of drug-likeness (QED) is 0.660. The summed E-state index contributed by atoms with van der Waals surface area (Å²) < 4.78 is 0. The lowest BCUT2D eigenvalue weighted by molar-refractivity contribution is 1.26. The molecule has 0 aliphatic carbocycles. The van der Waals surface area contributed by atoms with Crippen molar-refractivity contribution in [2.75, 3.05) is 0 Å². The van der Waals surface area contributed by atoms with Crippen LogP contribution < -0.4 is 5.73 Å². The first-order valence-corrected chi connectivity index (χ1v) is 6.08. The Bertz CT molecular complexity index is 543. The highest BCUT2D eigenvalue weighted by Crippen LogP contribution is 2.31. The Morgan fingerprint density at radius 2 is 1.94 bits per heavy atom. The number of amidine groups is 1. The Morgan fingerprint density at radius 1 is 1.24 bits per heavy atom. The summed E-state index contributed by atoms with van der Waals surface area (Å²) in [6.45, 7) is 0. The Balaban J connectivity index is 2.36. The van der Waals surface area contributed by atoms with E-state index in [1.165, 1.54) is 11.8 Å². The van der Waals surface area contributed by atoms with Gasteiger partial charge in [-0.2, -0.15) is 0 Å². The predicted molar refractivity (Wildman–Crippen MR) is 70.8 cm³/mol. The van der Waals surface area contributed by atoms with Gasteiger partial charge >= 0.3 is 0 Å². The van der Waals surface area contributed by atoms with Crippen LogP contribution in [0.1, 0.15) is 5.56 Å². The standard InChI is InChI=1S/C12H10ClN3S/c13-8-1-2-11(10(7-8)12(14)15)17-9-3-5-16-6-4-9/h1-7H,(H3,14,15). The van der Waals surface area contributed by atoms with Gasteiger partial charge in [-0.25, -0.2) is 0 Å².